The molecule has 0 saturated heterocycles. The molecule has 1 unspecified atom stereocenters. The zero-order valence-corrected chi connectivity index (χ0v) is 18.5. The van der Waals surface area contributed by atoms with Crippen LogP contribution >= 0.6 is 0 Å². The van der Waals surface area contributed by atoms with E-state index in [1.165, 1.54) is 12.1 Å². The Kier molecular flexibility index (Phi) is 6.77. The number of non-ortho nitro benzene ring substituents is 1. The fourth-order valence-corrected chi connectivity index (χ4v) is 4.33. The van der Waals surface area contributed by atoms with Crippen LogP contribution in [0.15, 0.2) is 48.5 Å². The first-order chi connectivity index (χ1) is 14.0. The Balaban J connectivity index is 0.00000256. The number of hydrogen-bond donors (Lipinski definition) is 1. The lowest BCUT2D eigenvalue weighted by atomic mass is 9.99. The fraction of sp³-hybridized carbons (Fsp3) is 0.409. The fourth-order valence-electron chi connectivity index (χ4n) is 4.33. The highest BCUT2D eigenvalue weighted by molar-refractivity contribution is 5.97. The first kappa shape index (κ1) is 22.2. The highest BCUT2D eigenvalue weighted by atomic mass is 79.9. The molecule has 0 aliphatic carbocycles. The number of hydrogen-bond acceptors (Lipinski definition) is 5. The van der Waals surface area contributed by atoms with E-state index >= 15 is 0 Å². The van der Waals surface area contributed by atoms with E-state index in [9.17, 15) is 15.2 Å². The number of ether oxygens (including phenoxy) is 1. The van der Waals surface area contributed by atoms with Gasteiger partial charge in [0, 0.05) is 24.1 Å². The second kappa shape index (κ2) is 9.14. The van der Waals surface area contributed by atoms with Gasteiger partial charge in [-0.2, -0.15) is 4.90 Å². The Morgan fingerprint density at radius 3 is 2.67 bits per heavy atom. The standard InChI is InChI=1S/C22H26N3O4.BrH/c1-2-29-20-12-10-18(11-13-20)24-21-9-4-3-5-14-23(21)16-22(24,26)17-7-6-8-19(15-17)25(27)28;/h6-8,10-13,15,26H,2-5,9,14,16H2,1H3;1H/q+1;/p-1. The number of benzene rings is 2. The Labute approximate surface area is 186 Å². The molecule has 30 heavy (non-hydrogen) atoms. The van der Waals surface area contributed by atoms with Crippen LogP contribution in [0.4, 0.5) is 11.4 Å². The van der Waals surface area contributed by atoms with Gasteiger partial charge in [-0.05, 0) is 50.5 Å². The molecule has 0 aromatic heterocycles. The van der Waals surface area contributed by atoms with E-state index in [-0.39, 0.29) is 22.7 Å². The number of halogens is 1. The van der Waals surface area contributed by atoms with E-state index in [1.54, 1.807) is 12.1 Å². The minimum Gasteiger partial charge on any atom is -1.00 e. The van der Waals surface area contributed by atoms with Crippen LogP contribution in [-0.4, -0.2) is 40.1 Å². The van der Waals surface area contributed by atoms with Crippen molar-refractivity contribution in [1.82, 2.24) is 0 Å². The lowest BCUT2D eigenvalue weighted by Gasteiger charge is -2.29. The second-order valence-electron chi connectivity index (χ2n) is 7.53. The highest BCUT2D eigenvalue weighted by Crippen LogP contribution is 2.39. The quantitative estimate of drug-likeness (QED) is 0.390. The maximum atomic E-state index is 11.9. The second-order valence-corrected chi connectivity index (χ2v) is 7.53. The summed E-state index contributed by atoms with van der Waals surface area (Å²) in [5.41, 5.74) is -0.0103. The van der Waals surface area contributed by atoms with Crippen LogP contribution in [0.5, 0.6) is 5.75 Å². The summed E-state index contributed by atoms with van der Waals surface area (Å²) < 4.78 is 7.78. The molecule has 2 aromatic rings. The Morgan fingerprint density at radius 2 is 1.97 bits per heavy atom. The van der Waals surface area contributed by atoms with E-state index in [0.717, 1.165) is 49.5 Å². The number of anilines is 1. The van der Waals surface area contributed by atoms with Gasteiger partial charge in [0.25, 0.3) is 17.2 Å². The molecule has 8 heteroatoms. The molecule has 0 saturated carbocycles. The number of amidine groups is 1. The third-order valence-corrected chi connectivity index (χ3v) is 5.66. The van der Waals surface area contributed by atoms with Crippen molar-refractivity contribution in [1.29, 1.82) is 0 Å². The van der Waals surface area contributed by atoms with Crippen LogP contribution in [0.1, 0.15) is 38.2 Å². The van der Waals surface area contributed by atoms with Crippen molar-refractivity contribution < 1.29 is 36.3 Å². The van der Waals surface area contributed by atoms with Crippen LogP contribution in [-0.2, 0) is 5.72 Å². The maximum Gasteiger partial charge on any atom is 0.275 e. The number of rotatable bonds is 5. The summed E-state index contributed by atoms with van der Waals surface area (Å²) in [5.74, 6) is 1.85. The Hall–Kier alpha value is -2.45. The van der Waals surface area contributed by atoms with Crippen LogP contribution in [0.3, 0.4) is 0 Å². The molecule has 0 spiro atoms. The largest absolute Gasteiger partial charge is 1.00 e. The van der Waals surface area contributed by atoms with Crippen molar-refractivity contribution >= 4 is 17.2 Å². The summed E-state index contributed by atoms with van der Waals surface area (Å²) in [4.78, 5) is 12.8. The molecule has 1 atom stereocenters. The smallest absolute Gasteiger partial charge is 0.275 e. The Morgan fingerprint density at radius 1 is 1.20 bits per heavy atom. The van der Waals surface area contributed by atoms with Gasteiger partial charge in [0.15, 0.2) is 6.54 Å². The van der Waals surface area contributed by atoms with E-state index in [1.807, 2.05) is 36.1 Å². The third kappa shape index (κ3) is 4.06. The number of nitro groups is 1. The minimum atomic E-state index is -1.37. The van der Waals surface area contributed by atoms with E-state index in [4.69, 9.17) is 4.74 Å². The molecule has 1 N–H and O–H groups in total. The summed E-state index contributed by atoms with van der Waals surface area (Å²) >= 11 is 0. The number of aliphatic hydroxyl groups is 1. The summed E-state index contributed by atoms with van der Waals surface area (Å²) in [6, 6.07) is 14.0. The van der Waals surface area contributed by atoms with Crippen molar-refractivity contribution in [2.24, 2.45) is 0 Å². The van der Waals surface area contributed by atoms with Crippen molar-refractivity contribution in [3.63, 3.8) is 0 Å². The van der Waals surface area contributed by atoms with Gasteiger partial charge in [0.2, 0.25) is 0 Å². The first-order valence-electron chi connectivity index (χ1n) is 10.1. The zero-order valence-electron chi connectivity index (χ0n) is 17.0. The molecule has 2 aliphatic rings. The molecule has 2 aromatic carbocycles. The van der Waals surface area contributed by atoms with Crippen LogP contribution in [0.2, 0.25) is 0 Å². The molecule has 0 fully saturated rings. The monoisotopic (exact) mass is 475 g/mol. The van der Waals surface area contributed by atoms with Crippen LogP contribution < -0.4 is 26.6 Å². The summed E-state index contributed by atoms with van der Waals surface area (Å²) in [5, 5.41) is 23.2. The lowest BCUT2D eigenvalue weighted by molar-refractivity contribution is -0.534. The molecular formula is C22H26BrN3O4. The predicted octanol–water partition coefficient (Wildman–Crippen LogP) is 0.648. The lowest BCUT2D eigenvalue weighted by Crippen LogP contribution is -3.00. The van der Waals surface area contributed by atoms with Gasteiger partial charge in [0.1, 0.15) is 11.4 Å². The van der Waals surface area contributed by atoms with E-state index in [0.29, 0.717) is 18.7 Å². The van der Waals surface area contributed by atoms with Gasteiger partial charge < -0.3 is 26.8 Å². The molecule has 160 valence electrons. The average Bonchev–Trinajstić information content (AvgIpc) is 2.85. The van der Waals surface area contributed by atoms with Gasteiger partial charge in [-0.25, -0.2) is 0 Å². The molecule has 0 bridgehead atoms. The zero-order chi connectivity index (χ0) is 20.4. The van der Waals surface area contributed by atoms with E-state index in [2.05, 4.69) is 4.58 Å². The van der Waals surface area contributed by atoms with Gasteiger partial charge in [-0.3, -0.25) is 14.7 Å². The number of nitro benzene ring substituents is 1. The molecule has 0 radical (unpaired) electrons. The van der Waals surface area contributed by atoms with E-state index < -0.39 is 10.6 Å². The first-order valence-corrected chi connectivity index (χ1v) is 10.1. The normalized spacial score (nSPS) is 20.9. The summed E-state index contributed by atoms with van der Waals surface area (Å²) in [7, 11) is 0. The van der Waals surface area contributed by atoms with Crippen LogP contribution in [0.25, 0.3) is 0 Å². The van der Waals surface area contributed by atoms with Gasteiger partial charge in [-0.15, -0.1) is 0 Å². The SMILES string of the molecule is CCOc1ccc(N2C3=[N+](CCCCC3)CC2(O)c2cccc([N+](=O)[O-])c2)cc1.[Br-]. The average molecular weight is 476 g/mol. The van der Waals surface area contributed by atoms with Crippen molar-refractivity contribution in [2.45, 2.75) is 38.3 Å². The topological polar surface area (TPSA) is 78.8 Å². The van der Waals surface area contributed by atoms with Crippen molar-refractivity contribution in [3.8, 4) is 5.75 Å². The van der Waals surface area contributed by atoms with Gasteiger partial charge >= 0.3 is 0 Å². The van der Waals surface area contributed by atoms with Crippen LogP contribution in [0, 0.1) is 10.1 Å². The highest BCUT2D eigenvalue weighted by Gasteiger charge is 2.54. The Bertz CT molecular complexity index is 948. The van der Waals surface area contributed by atoms with Gasteiger partial charge in [-0.1, -0.05) is 12.1 Å². The summed E-state index contributed by atoms with van der Waals surface area (Å²) in [6.45, 7) is 3.79. The molecule has 4 rings (SSSR count). The molecule has 0 amide bonds. The number of nitrogens with zero attached hydrogens (tertiary/aromatic N) is 3. The minimum absolute atomic E-state index is 0. The molecule has 7 nitrogen and oxygen atoms in total. The predicted molar refractivity (Wildman–Crippen MR) is 111 cm³/mol. The summed E-state index contributed by atoms with van der Waals surface area (Å²) in [6.07, 6.45) is 4.16. The maximum absolute atomic E-state index is 11.9. The molecular weight excluding hydrogens is 450 g/mol. The molecule has 2 aliphatic heterocycles. The van der Waals surface area contributed by atoms with Crippen molar-refractivity contribution in [2.75, 3.05) is 24.6 Å². The third-order valence-electron chi connectivity index (χ3n) is 5.66. The van der Waals surface area contributed by atoms with Crippen molar-refractivity contribution in [3.05, 3.63) is 64.2 Å². The molecule has 2 heterocycles. The van der Waals surface area contributed by atoms with Gasteiger partial charge in [0.05, 0.1) is 18.1 Å².